The molecule has 21 heavy (non-hydrogen) atoms. The zero-order valence-electron chi connectivity index (χ0n) is 12.9. The van der Waals surface area contributed by atoms with Gasteiger partial charge in [0.2, 0.25) is 5.91 Å². The second-order valence-electron chi connectivity index (χ2n) is 5.69. The van der Waals surface area contributed by atoms with E-state index in [1.165, 1.54) is 18.4 Å². The first-order valence-corrected chi connectivity index (χ1v) is 8.70. The molecule has 1 aromatic rings. The van der Waals surface area contributed by atoms with Crippen LogP contribution in [-0.4, -0.2) is 36.5 Å². The Hall–Kier alpha value is -0.870. The monoisotopic (exact) mass is 352 g/mol. The number of benzene rings is 1. The van der Waals surface area contributed by atoms with E-state index in [1.54, 1.807) is 0 Å². The Morgan fingerprint density at radius 3 is 2.67 bits per heavy atom. The number of halogens is 1. The number of hydrogen-bond donors (Lipinski definition) is 1. The average molecular weight is 353 g/mol. The Labute approximate surface area is 136 Å². The van der Waals surface area contributed by atoms with Gasteiger partial charge in [-0.15, -0.1) is 0 Å². The van der Waals surface area contributed by atoms with E-state index < -0.39 is 0 Å². The van der Waals surface area contributed by atoms with E-state index >= 15 is 0 Å². The van der Waals surface area contributed by atoms with Crippen LogP contribution in [0.1, 0.15) is 44.6 Å². The molecular weight excluding hydrogens is 328 g/mol. The van der Waals surface area contributed by atoms with Crippen molar-refractivity contribution in [2.24, 2.45) is 0 Å². The Balaban J connectivity index is 1.66. The van der Waals surface area contributed by atoms with Crippen molar-refractivity contribution in [2.45, 2.75) is 45.1 Å². The first-order valence-electron chi connectivity index (χ1n) is 7.90. The van der Waals surface area contributed by atoms with Gasteiger partial charge in [0, 0.05) is 36.6 Å². The smallest absolute Gasteiger partial charge is 0.223 e. The molecule has 2 rings (SSSR count). The highest BCUT2D eigenvalue weighted by Crippen LogP contribution is 2.37. The molecule has 0 spiro atoms. The first kappa shape index (κ1) is 16.5. The van der Waals surface area contributed by atoms with E-state index in [2.05, 4.69) is 45.5 Å². The van der Waals surface area contributed by atoms with Crippen molar-refractivity contribution in [3.63, 3.8) is 0 Å². The third-order valence-corrected chi connectivity index (χ3v) is 4.84. The van der Waals surface area contributed by atoms with Crippen LogP contribution in [0.3, 0.4) is 0 Å². The van der Waals surface area contributed by atoms with E-state index in [4.69, 9.17) is 0 Å². The standard InChI is InChI=1S/C17H25BrN2O/c1-3-20(4-2)17(21)8-9-19-16-11-14(12-16)13-6-5-7-15(18)10-13/h5-7,10,14,16,19H,3-4,8-9,11-12H2,1-2H3. The first-order chi connectivity index (χ1) is 10.1. The average Bonchev–Trinajstić information content (AvgIpc) is 2.42. The second kappa shape index (κ2) is 7.95. The molecule has 0 heterocycles. The van der Waals surface area contributed by atoms with Crippen molar-refractivity contribution in [3.05, 3.63) is 34.3 Å². The van der Waals surface area contributed by atoms with Crippen molar-refractivity contribution in [2.75, 3.05) is 19.6 Å². The molecule has 0 radical (unpaired) electrons. The molecular formula is C17H25BrN2O. The highest BCUT2D eigenvalue weighted by atomic mass is 79.9. The molecule has 1 fully saturated rings. The fourth-order valence-electron chi connectivity index (χ4n) is 2.93. The summed E-state index contributed by atoms with van der Waals surface area (Å²) in [5, 5.41) is 3.51. The van der Waals surface area contributed by atoms with Gasteiger partial charge in [0.15, 0.2) is 0 Å². The largest absolute Gasteiger partial charge is 0.343 e. The summed E-state index contributed by atoms with van der Waals surface area (Å²) in [7, 11) is 0. The van der Waals surface area contributed by atoms with E-state index in [0.717, 1.165) is 24.1 Å². The maximum atomic E-state index is 11.9. The van der Waals surface area contributed by atoms with Gasteiger partial charge in [-0.3, -0.25) is 4.79 Å². The van der Waals surface area contributed by atoms with Gasteiger partial charge in [-0.1, -0.05) is 28.1 Å². The summed E-state index contributed by atoms with van der Waals surface area (Å²) in [6.07, 6.45) is 2.96. The summed E-state index contributed by atoms with van der Waals surface area (Å²) in [6, 6.07) is 9.15. The van der Waals surface area contributed by atoms with Crippen molar-refractivity contribution >= 4 is 21.8 Å². The van der Waals surface area contributed by atoms with Crippen LogP contribution in [0.2, 0.25) is 0 Å². The summed E-state index contributed by atoms with van der Waals surface area (Å²) in [4.78, 5) is 13.8. The van der Waals surface area contributed by atoms with Crippen LogP contribution in [-0.2, 0) is 4.79 Å². The SMILES string of the molecule is CCN(CC)C(=O)CCNC1CC(c2cccc(Br)c2)C1. The molecule has 1 aliphatic carbocycles. The molecule has 0 bridgehead atoms. The fraction of sp³-hybridized carbons (Fsp3) is 0.588. The number of carbonyl (C=O) groups excluding carboxylic acids is 1. The topological polar surface area (TPSA) is 32.3 Å². The molecule has 1 amide bonds. The molecule has 1 N–H and O–H groups in total. The van der Waals surface area contributed by atoms with Crippen molar-refractivity contribution in [1.29, 1.82) is 0 Å². The van der Waals surface area contributed by atoms with E-state index in [-0.39, 0.29) is 5.91 Å². The number of carbonyl (C=O) groups is 1. The van der Waals surface area contributed by atoms with E-state index in [9.17, 15) is 4.79 Å². The maximum Gasteiger partial charge on any atom is 0.223 e. The third kappa shape index (κ3) is 4.55. The van der Waals surface area contributed by atoms with Crippen LogP contribution in [0, 0.1) is 0 Å². The summed E-state index contributed by atoms with van der Waals surface area (Å²) >= 11 is 3.53. The van der Waals surface area contributed by atoms with Crippen LogP contribution in [0.5, 0.6) is 0 Å². The number of rotatable bonds is 7. The van der Waals surface area contributed by atoms with Gasteiger partial charge in [-0.2, -0.15) is 0 Å². The summed E-state index contributed by atoms with van der Waals surface area (Å²) in [5.74, 6) is 0.925. The molecule has 0 aliphatic heterocycles. The number of amides is 1. The Morgan fingerprint density at radius 2 is 2.05 bits per heavy atom. The van der Waals surface area contributed by atoms with Crippen molar-refractivity contribution in [3.8, 4) is 0 Å². The Bertz CT molecular complexity index is 468. The van der Waals surface area contributed by atoms with Gasteiger partial charge in [-0.05, 0) is 50.3 Å². The molecule has 0 aromatic heterocycles. The predicted molar refractivity (Wildman–Crippen MR) is 90.5 cm³/mol. The minimum atomic E-state index is 0.260. The maximum absolute atomic E-state index is 11.9. The fourth-order valence-corrected chi connectivity index (χ4v) is 3.35. The lowest BCUT2D eigenvalue weighted by atomic mass is 9.76. The molecule has 0 saturated heterocycles. The zero-order chi connectivity index (χ0) is 15.2. The summed E-state index contributed by atoms with van der Waals surface area (Å²) < 4.78 is 1.15. The highest BCUT2D eigenvalue weighted by molar-refractivity contribution is 9.10. The van der Waals surface area contributed by atoms with Crippen LogP contribution in [0.25, 0.3) is 0 Å². The lowest BCUT2D eigenvalue weighted by Gasteiger charge is -2.36. The lowest BCUT2D eigenvalue weighted by molar-refractivity contribution is -0.130. The molecule has 1 saturated carbocycles. The normalized spacial score (nSPS) is 20.9. The van der Waals surface area contributed by atoms with Crippen LogP contribution in [0.15, 0.2) is 28.7 Å². The molecule has 4 heteroatoms. The molecule has 116 valence electrons. The molecule has 0 unspecified atom stereocenters. The van der Waals surface area contributed by atoms with Gasteiger partial charge < -0.3 is 10.2 Å². The quantitative estimate of drug-likeness (QED) is 0.813. The third-order valence-electron chi connectivity index (χ3n) is 4.35. The van der Waals surface area contributed by atoms with Gasteiger partial charge in [0.05, 0.1) is 0 Å². The number of nitrogens with one attached hydrogen (secondary N) is 1. The van der Waals surface area contributed by atoms with E-state index in [1.807, 2.05) is 18.7 Å². The predicted octanol–water partition coefficient (Wildman–Crippen LogP) is 3.54. The zero-order valence-corrected chi connectivity index (χ0v) is 14.5. The van der Waals surface area contributed by atoms with Gasteiger partial charge in [0.1, 0.15) is 0 Å². The molecule has 1 aliphatic rings. The van der Waals surface area contributed by atoms with Crippen molar-refractivity contribution in [1.82, 2.24) is 10.2 Å². The van der Waals surface area contributed by atoms with E-state index in [0.29, 0.717) is 18.4 Å². The molecule has 3 nitrogen and oxygen atoms in total. The molecule has 0 atom stereocenters. The van der Waals surface area contributed by atoms with Gasteiger partial charge >= 0.3 is 0 Å². The van der Waals surface area contributed by atoms with Crippen LogP contribution in [0.4, 0.5) is 0 Å². The minimum Gasteiger partial charge on any atom is -0.343 e. The Morgan fingerprint density at radius 1 is 1.33 bits per heavy atom. The second-order valence-corrected chi connectivity index (χ2v) is 6.61. The minimum absolute atomic E-state index is 0.260. The summed E-state index contributed by atoms with van der Waals surface area (Å²) in [5.41, 5.74) is 1.42. The van der Waals surface area contributed by atoms with Gasteiger partial charge in [-0.25, -0.2) is 0 Å². The lowest BCUT2D eigenvalue weighted by Crippen LogP contribution is -2.42. The number of nitrogens with zero attached hydrogens (tertiary/aromatic N) is 1. The van der Waals surface area contributed by atoms with Gasteiger partial charge in [0.25, 0.3) is 0 Å². The molecule has 1 aromatic carbocycles. The van der Waals surface area contributed by atoms with Crippen LogP contribution >= 0.6 is 15.9 Å². The summed E-state index contributed by atoms with van der Waals surface area (Å²) in [6.45, 7) is 6.48. The highest BCUT2D eigenvalue weighted by Gasteiger charge is 2.29. The Kier molecular flexibility index (Phi) is 6.24. The van der Waals surface area contributed by atoms with Crippen LogP contribution < -0.4 is 5.32 Å². The van der Waals surface area contributed by atoms with Crippen molar-refractivity contribution < 1.29 is 4.79 Å². The number of hydrogen-bond acceptors (Lipinski definition) is 2.